The molecule has 0 atom stereocenters. The van der Waals surface area contributed by atoms with Crippen molar-refractivity contribution in [2.24, 2.45) is 0 Å². The van der Waals surface area contributed by atoms with E-state index in [0.717, 1.165) is 5.56 Å². The monoisotopic (exact) mass is 445 g/mol. The molecule has 33 heavy (non-hydrogen) atoms. The maximum absolute atomic E-state index is 13.6. The van der Waals surface area contributed by atoms with Gasteiger partial charge in [0.15, 0.2) is 0 Å². The van der Waals surface area contributed by atoms with Gasteiger partial charge in [0.1, 0.15) is 11.3 Å². The van der Waals surface area contributed by atoms with Crippen molar-refractivity contribution in [1.82, 2.24) is 0 Å². The minimum absolute atomic E-state index is 0.0132. The number of benzene rings is 3. The lowest BCUT2D eigenvalue weighted by Gasteiger charge is -2.46. The predicted molar refractivity (Wildman–Crippen MR) is 125 cm³/mol. The van der Waals surface area contributed by atoms with Gasteiger partial charge in [-0.2, -0.15) is 0 Å². The van der Waals surface area contributed by atoms with Gasteiger partial charge in [-0.1, -0.05) is 24.3 Å². The molecule has 8 heteroatoms. The Morgan fingerprint density at radius 1 is 0.970 bits per heavy atom. The van der Waals surface area contributed by atoms with E-state index in [9.17, 15) is 19.7 Å². The molecule has 0 fully saturated rings. The zero-order valence-electron chi connectivity index (χ0n) is 18.5. The predicted octanol–water partition coefficient (Wildman–Crippen LogP) is 4.58. The summed E-state index contributed by atoms with van der Waals surface area (Å²) in [5.41, 5.74) is 1.23. The van der Waals surface area contributed by atoms with Crippen LogP contribution in [0.5, 0.6) is 5.75 Å². The van der Waals surface area contributed by atoms with E-state index in [-0.39, 0.29) is 24.0 Å². The number of rotatable bonds is 5. The van der Waals surface area contributed by atoms with Gasteiger partial charge in [0.2, 0.25) is 0 Å². The fraction of sp³-hybridized carbons (Fsp3) is 0.200. The molecule has 8 nitrogen and oxygen atoms in total. The third-order valence-corrected chi connectivity index (χ3v) is 5.77. The van der Waals surface area contributed by atoms with Crippen LogP contribution in [0, 0.1) is 10.1 Å². The van der Waals surface area contributed by atoms with Crippen LogP contribution in [0.1, 0.15) is 29.8 Å². The van der Waals surface area contributed by atoms with Crippen LogP contribution in [-0.4, -0.2) is 29.4 Å². The average molecular weight is 445 g/mol. The largest absolute Gasteiger partial charge is 0.497 e. The van der Waals surface area contributed by atoms with Crippen molar-refractivity contribution in [3.05, 3.63) is 94.0 Å². The van der Waals surface area contributed by atoms with Gasteiger partial charge in [-0.25, -0.2) is 0 Å². The molecule has 0 spiro atoms. The van der Waals surface area contributed by atoms with Gasteiger partial charge in [-0.15, -0.1) is 0 Å². The molecule has 2 amide bonds. The number of nitrogens with zero attached hydrogens (tertiary/aromatic N) is 3. The first-order chi connectivity index (χ1) is 15.7. The molecule has 0 unspecified atom stereocenters. The van der Waals surface area contributed by atoms with Crippen LogP contribution >= 0.6 is 0 Å². The number of carbonyl (C=O) groups is 2. The Morgan fingerprint density at radius 3 is 2.15 bits per heavy atom. The number of fused-ring (bicyclic) bond motifs is 1. The van der Waals surface area contributed by atoms with Crippen LogP contribution in [0.2, 0.25) is 0 Å². The van der Waals surface area contributed by atoms with Crippen molar-refractivity contribution in [3.63, 3.8) is 0 Å². The molecular formula is C25H23N3O5. The molecule has 1 heterocycles. The van der Waals surface area contributed by atoms with Crippen LogP contribution in [0.3, 0.4) is 0 Å². The molecule has 0 aromatic heterocycles. The van der Waals surface area contributed by atoms with E-state index in [1.165, 1.54) is 17.0 Å². The topological polar surface area (TPSA) is 93.0 Å². The lowest BCUT2D eigenvalue weighted by atomic mass is 9.93. The van der Waals surface area contributed by atoms with Crippen LogP contribution in [-0.2, 0) is 11.3 Å². The van der Waals surface area contributed by atoms with Gasteiger partial charge >= 0.3 is 0 Å². The van der Waals surface area contributed by atoms with Gasteiger partial charge < -0.3 is 9.64 Å². The number of nitro benzene ring substituents is 1. The quantitative estimate of drug-likeness (QED) is 0.423. The Morgan fingerprint density at radius 2 is 1.58 bits per heavy atom. The third kappa shape index (κ3) is 3.91. The number of ether oxygens (including phenoxy) is 1. The first kappa shape index (κ1) is 22.0. The molecule has 1 aliphatic heterocycles. The number of amides is 2. The van der Waals surface area contributed by atoms with Crippen molar-refractivity contribution in [1.29, 1.82) is 0 Å². The summed E-state index contributed by atoms with van der Waals surface area (Å²) in [6.45, 7) is 3.66. The standard InChI is InChI=1S/C25H23N3O5/c1-25(2)24(30)26(16-17-8-12-19(13-9-17)28(31)32)21-6-4-5-7-22(21)27(25)23(29)18-10-14-20(33-3)15-11-18/h4-15H,16H2,1-3H3. The highest BCUT2D eigenvalue weighted by Gasteiger charge is 2.47. The molecule has 3 aromatic carbocycles. The van der Waals surface area contributed by atoms with Gasteiger partial charge in [0.05, 0.1) is 30.0 Å². The number of para-hydroxylation sites is 2. The van der Waals surface area contributed by atoms with E-state index < -0.39 is 10.5 Å². The highest BCUT2D eigenvalue weighted by atomic mass is 16.6. The first-order valence-electron chi connectivity index (χ1n) is 10.4. The SMILES string of the molecule is COc1ccc(C(=O)N2c3ccccc3N(Cc3ccc([N+](=O)[O-])cc3)C(=O)C2(C)C)cc1. The number of methoxy groups -OCH3 is 1. The summed E-state index contributed by atoms with van der Waals surface area (Å²) in [7, 11) is 1.55. The molecule has 1 aliphatic rings. The number of nitro groups is 1. The minimum Gasteiger partial charge on any atom is -0.497 e. The van der Waals surface area contributed by atoms with E-state index in [1.54, 1.807) is 68.3 Å². The van der Waals surface area contributed by atoms with Gasteiger partial charge in [0, 0.05) is 17.7 Å². The Balaban J connectivity index is 1.73. The lowest BCUT2D eigenvalue weighted by Crippen LogP contribution is -2.62. The fourth-order valence-corrected chi connectivity index (χ4v) is 4.01. The van der Waals surface area contributed by atoms with Gasteiger partial charge in [0.25, 0.3) is 17.5 Å². The molecule has 0 aliphatic carbocycles. The van der Waals surface area contributed by atoms with E-state index in [1.807, 2.05) is 18.2 Å². The van der Waals surface area contributed by atoms with E-state index >= 15 is 0 Å². The number of hydrogen-bond donors (Lipinski definition) is 0. The maximum atomic E-state index is 13.6. The molecule has 0 saturated carbocycles. The van der Waals surface area contributed by atoms with Gasteiger partial charge in [-0.3, -0.25) is 24.6 Å². The normalized spacial score (nSPS) is 14.6. The minimum atomic E-state index is -1.16. The summed E-state index contributed by atoms with van der Waals surface area (Å²) in [5, 5.41) is 11.0. The van der Waals surface area contributed by atoms with Crippen molar-refractivity contribution in [2.45, 2.75) is 25.9 Å². The molecule has 168 valence electrons. The summed E-state index contributed by atoms with van der Waals surface area (Å²) in [6, 6.07) is 20.1. The molecule has 3 aromatic rings. The van der Waals surface area contributed by atoms with E-state index in [2.05, 4.69) is 0 Å². The Bertz CT molecular complexity index is 1220. The van der Waals surface area contributed by atoms with E-state index in [0.29, 0.717) is 22.7 Å². The highest BCUT2D eigenvalue weighted by molar-refractivity contribution is 6.19. The zero-order valence-corrected chi connectivity index (χ0v) is 18.5. The molecule has 0 bridgehead atoms. The van der Waals surface area contributed by atoms with Crippen molar-refractivity contribution < 1.29 is 19.2 Å². The summed E-state index contributed by atoms with van der Waals surface area (Å²) in [6.07, 6.45) is 0. The van der Waals surface area contributed by atoms with Crippen molar-refractivity contribution in [2.75, 3.05) is 16.9 Å². The van der Waals surface area contributed by atoms with E-state index in [4.69, 9.17) is 4.74 Å². The number of hydrogen-bond acceptors (Lipinski definition) is 5. The molecule has 0 radical (unpaired) electrons. The second-order valence-electron chi connectivity index (χ2n) is 8.23. The van der Waals surface area contributed by atoms with Crippen LogP contribution in [0.4, 0.5) is 17.1 Å². The van der Waals surface area contributed by atoms with Crippen LogP contribution in [0.15, 0.2) is 72.8 Å². The van der Waals surface area contributed by atoms with Crippen LogP contribution in [0.25, 0.3) is 0 Å². The molecule has 0 N–H and O–H groups in total. The first-order valence-corrected chi connectivity index (χ1v) is 10.4. The summed E-state index contributed by atoms with van der Waals surface area (Å²) >= 11 is 0. The second kappa shape index (κ2) is 8.38. The molecule has 4 rings (SSSR count). The number of carbonyl (C=O) groups excluding carboxylic acids is 2. The van der Waals surface area contributed by atoms with Gasteiger partial charge in [-0.05, 0) is 55.8 Å². The highest BCUT2D eigenvalue weighted by Crippen LogP contribution is 2.42. The average Bonchev–Trinajstić information content (AvgIpc) is 2.82. The Kier molecular flexibility index (Phi) is 5.59. The second-order valence-corrected chi connectivity index (χ2v) is 8.23. The summed E-state index contributed by atoms with van der Waals surface area (Å²) in [4.78, 5) is 40.8. The lowest BCUT2D eigenvalue weighted by molar-refractivity contribution is -0.384. The number of anilines is 2. The Labute approximate surface area is 191 Å². The molecule has 0 saturated heterocycles. The summed E-state index contributed by atoms with van der Waals surface area (Å²) in [5.74, 6) is 0.0926. The smallest absolute Gasteiger partial charge is 0.269 e. The third-order valence-electron chi connectivity index (χ3n) is 5.77. The van der Waals surface area contributed by atoms with Crippen molar-refractivity contribution >= 4 is 28.9 Å². The summed E-state index contributed by atoms with van der Waals surface area (Å²) < 4.78 is 5.18. The Hall–Kier alpha value is -4.20. The van der Waals surface area contributed by atoms with Crippen molar-refractivity contribution in [3.8, 4) is 5.75 Å². The molecular weight excluding hydrogens is 422 g/mol. The number of non-ortho nitro benzene ring substituents is 1. The zero-order chi connectivity index (χ0) is 23.8. The maximum Gasteiger partial charge on any atom is 0.269 e. The fourth-order valence-electron chi connectivity index (χ4n) is 4.01. The van der Waals surface area contributed by atoms with Crippen LogP contribution < -0.4 is 14.5 Å².